The Morgan fingerprint density at radius 1 is 0.373 bits per heavy atom. The van der Waals surface area contributed by atoms with E-state index in [1.807, 2.05) is 72.8 Å². The van der Waals surface area contributed by atoms with Crippen molar-refractivity contribution in [3.63, 3.8) is 0 Å². The van der Waals surface area contributed by atoms with Gasteiger partial charge in [-0.25, -0.2) is 15.0 Å². The monoisotopic (exact) mass is 654 g/mol. The lowest BCUT2D eigenvalue weighted by molar-refractivity contribution is 0.663. The molecule has 51 heavy (non-hydrogen) atoms. The standard InChI is InChI=1S/C45H26N4O2/c1-3-12-27(13-4-1)43-46-44(28-14-5-2-6-15-28)48-45(47-43)29-22-23-32-39(26-29)50-38-25-24-33-40-36(20-11-21-37(40)51-42(33)41(32)38)49-34-18-9-7-16-30(34)31-17-8-10-19-35(31)49/h1-26H. The maximum absolute atomic E-state index is 6.73. The summed E-state index contributed by atoms with van der Waals surface area (Å²) in [5.74, 6) is 1.81. The maximum atomic E-state index is 6.73. The van der Waals surface area contributed by atoms with Crippen LogP contribution in [0.5, 0.6) is 0 Å². The van der Waals surface area contributed by atoms with Crippen LogP contribution in [0.25, 0.3) is 106 Å². The molecule has 11 rings (SSSR count). The Morgan fingerprint density at radius 3 is 1.61 bits per heavy atom. The van der Waals surface area contributed by atoms with Gasteiger partial charge < -0.3 is 13.4 Å². The predicted molar refractivity (Wildman–Crippen MR) is 205 cm³/mol. The normalized spacial score (nSPS) is 11.9. The molecular weight excluding hydrogens is 629 g/mol. The molecule has 0 saturated carbocycles. The maximum Gasteiger partial charge on any atom is 0.164 e. The fourth-order valence-electron chi connectivity index (χ4n) is 7.57. The number of rotatable bonds is 4. The second-order valence-corrected chi connectivity index (χ2v) is 12.8. The van der Waals surface area contributed by atoms with Gasteiger partial charge in [-0.05, 0) is 48.5 Å². The molecular formula is C45H26N4O2. The summed E-state index contributed by atoms with van der Waals surface area (Å²) in [6.07, 6.45) is 0. The number of aromatic nitrogens is 4. The zero-order chi connectivity index (χ0) is 33.5. The van der Waals surface area contributed by atoms with Crippen LogP contribution in [0, 0.1) is 0 Å². The Bertz CT molecular complexity index is 3030. The molecule has 0 atom stereocenters. The van der Waals surface area contributed by atoms with Crippen molar-refractivity contribution < 1.29 is 8.83 Å². The number of benzene rings is 7. The molecule has 0 aliphatic rings. The van der Waals surface area contributed by atoms with E-state index in [1.165, 1.54) is 10.8 Å². The van der Waals surface area contributed by atoms with Crippen LogP contribution in [0.3, 0.4) is 0 Å². The lowest BCUT2D eigenvalue weighted by Gasteiger charge is -2.09. The first kappa shape index (κ1) is 27.9. The Kier molecular flexibility index (Phi) is 5.86. The average Bonchev–Trinajstić information content (AvgIpc) is 3.87. The first-order valence-electron chi connectivity index (χ1n) is 16.9. The molecule has 0 amide bonds. The highest BCUT2D eigenvalue weighted by Crippen LogP contribution is 2.43. The van der Waals surface area contributed by atoms with Crippen molar-refractivity contribution in [2.45, 2.75) is 0 Å². The summed E-state index contributed by atoms with van der Waals surface area (Å²) in [5, 5.41) is 6.48. The molecule has 0 saturated heterocycles. The highest BCUT2D eigenvalue weighted by molar-refractivity contribution is 6.24. The molecule has 11 aromatic rings. The molecule has 0 aliphatic heterocycles. The lowest BCUT2D eigenvalue weighted by atomic mass is 10.1. The molecule has 6 nitrogen and oxygen atoms in total. The zero-order valence-corrected chi connectivity index (χ0v) is 27.1. The zero-order valence-electron chi connectivity index (χ0n) is 27.1. The van der Waals surface area contributed by atoms with Crippen LogP contribution in [0.1, 0.15) is 0 Å². The molecule has 0 unspecified atom stereocenters. The summed E-state index contributed by atoms with van der Waals surface area (Å²) in [5.41, 5.74) is 9.23. The summed E-state index contributed by atoms with van der Waals surface area (Å²) in [6, 6.07) is 53.8. The predicted octanol–water partition coefficient (Wildman–Crippen LogP) is 11.8. The van der Waals surface area contributed by atoms with Crippen molar-refractivity contribution in [3.8, 4) is 39.9 Å². The molecule has 0 bridgehead atoms. The molecule has 7 aromatic carbocycles. The molecule has 0 spiro atoms. The van der Waals surface area contributed by atoms with Gasteiger partial charge in [0.2, 0.25) is 0 Å². The van der Waals surface area contributed by atoms with Crippen LogP contribution in [0.4, 0.5) is 0 Å². The van der Waals surface area contributed by atoms with E-state index in [0.717, 1.165) is 77.3 Å². The topological polar surface area (TPSA) is 69.9 Å². The third-order valence-corrected chi connectivity index (χ3v) is 9.85. The minimum Gasteiger partial charge on any atom is -0.456 e. The molecule has 0 N–H and O–H groups in total. The van der Waals surface area contributed by atoms with Crippen LogP contribution in [0.2, 0.25) is 0 Å². The van der Waals surface area contributed by atoms with Crippen LogP contribution in [-0.4, -0.2) is 19.5 Å². The van der Waals surface area contributed by atoms with E-state index in [2.05, 4.69) is 89.5 Å². The van der Waals surface area contributed by atoms with E-state index in [4.69, 9.17) is 23.8 Å². The number of para-hydroxylation sites is 2. The van der Waals surface area contributed by atoms with Gasteiger partial charge in [-0.1, -0.05) is 109 Å². The molecule has 0 fully saturated rings. The highest BCUT2D eigenvalue weighted by atomic mass is 16.3. The van der Waals surface area contributed by atoms with Crippen LogP contribution in [-0.2, 0) is 0 Å². The van der Waals surface area contributed by atoms with Gasteiger partial charge in [0, 0.05) is 38.2 Å². The van der Waals surface area contributed by atoms with Crippen molar-refractivity contribution in [3.05, 3.63) is 158 Å². The minimum atomic E-state index is 0.578. The fourth-order valence-corrected chi connectivity index (χ4v) is 7.57. The Morgan fingerprint density at radius 2 is 0.941 bits per heavy atom. The molecule has 238 valence electrons. The Balaban J connectivity index is 1.11. The molecule has 4 aromatic heterocycles. The second kappa shape index (κ2) is 10.7. The largest absolute Gasteiger partial charge is 0.456 e. The third kappa shape index (κ3) is 4.20. The van der Waals surface area contributed by atoms with Crippen molar-refractivity contribution in [2.75, 3.05) is 0 Å². The van der Waals surface area contributed by atoms with Crippen molar-refractivity contribution >= 4 is 65.7 Å². The van der Waals surface area contributed by atoms with Crippen molar-refractivity contribution in [1.82, 2.24) is 19.5 Å². The number of fused-ring (bicyclic) bond motifs is 10. The SMILES string of the molecule is c1ccc(-c2nc(-c3ccccc3)nc(-c3ccc4c(c3)oc3ccc5c(oc6cccc(-n7c8ccccc8c8ccccc87)c65)c34)n2)cc1. The number of hydrogen-bond donors (Lipinski definition) is 0. The molecule has 0 radical (unpaired) electrons. The average molecular weight is 655 g/mol. The fraction of sp³-hybridized carbons (Fsp3) is 0. The second-order valence-electron chi connectivity index (χ2n) is 12.8. The summed E-state index contributed by atoms with van der Waals surface area (Å²) in [7, 11) is 0. The lowest BCUT2D eigenvalue weighted by Crippen LogP contribution is -2.00. The van der Waals surface area contributed by atoms with Gasteiger partial charge in [-0.2, -0.15) is 0 Å². The summed E-state index contributed by atoms with van der Waals surface area (Å²) in [4.78, 5) is 14.7. The van der Waals surface area contributed by atoms with E-state index in [0.29, 0.717) is 17.5 Å². The van der Waals surface area contributed by atoms with Gasteiger partial charge >= 0.3 is 0 Å². The smallest absolute Gasteiger partial charge is 0.164 e. The van der Waals surface area contributed by atoms with E-state index in [1.54, 1.807) is 0 Å². The third-order valence-electron chi connectivity index (χ3n) is 9.85. The molecule has 0 aliphatic carbocycles. The Hall–Kier alpha value is -7.05. The van der Waals surface area contributed by atoms with Gasteiger partial charge in [0.15, 0.2) is 17.5 Å². The van der Waals surface area contributed by atoms with Gasteiger partial charge in [0.25, 0.3) is 0 Å². The quantitative estimate of drug-likeness (QED) is 0.189. The van der Waals surface area contributed by atoms with Crippen molar-refractivity contribution in [1.29, 1.82) is 0 Å². The van der Waals surface area contributed by atoms with Crippen molar-refractivity contribution in [2.24, 2.45) is 0 Å². The Labute approximate surface area is 290 Å². The summed E-state index contributed by atoms with van der Waals surface area (Å²) in [6.45, 7) is 0. The first-order valence-corrected chi connectivity index (χ1v) is 16.9. The summed E-state index contributed by atoms with van der Waals surface area (Å²) >= 11 is 0. The van der Waals surface area contributed by atoms with Gasteiger partial charge in [-0.15, -0.1) is 0 Å². The molecule has 4 heterocycles. The summed E-state index contributed by atoms with van der Waals surface area (Å²) < 4.78 is 15.6. The van der Waals surface area contributed by atoms with E-state index in [9.17, 15) is 0 Å². The van der Waals surface area contributed by atoms with Gasteiger partial charge in [-0.3, -0.25) is 0 Å². The van der Waals surface area contributed by atoms with E-state index < -0.39 is 0 Å². The van der Waals surface area contributed by atoms with Crippen LogP contribution in [0.15, 0.2) is 167 Å². The highest BCUT2D eigenvalue weighted by Gasteiger charge is 2.21. The van der Waals surface area contributed by atoms with Gasteiger partial charge in [0.1, 0.15) is 22.3 Å². The van der Waals surface area contributed by atoms with Crippen LogP contribution < -0.4 is 0 Å². The number of furan rings is 2. The van der Waals surface area contributed by atoms with Gasteiger partial charge in [0.05, 0.1) is 27.5 Å². The van der Waals surface area contributed by atoms with Crippen LogP contribution >= 0.6 is 0 Å². The molecule has 6 heteroatoms. The number of hydrogen-bond acceptors (Lipinski definition) is 5. The first-order chi connectivity index (χ1) is 25.3. The van der Waals surface area contributed by atoms with E-state index >= 15 is 0 Å². The number of nitrogens with zero attached hydrogens (tertiary/aromatic N) is 4. The minimum absolute atomic E-state index is 0.578. The van der Waals surface area contributed by atoms with E-state index in [-0.39, 0.29) is 0 Å².